The van der Waals surface area contributed by atoms with E-state index in [1.807, 2.05) is 10.7 Å². The summed E-state index contributed by atoms with van der Waals surface area (Å²) in [6, 6.07) is 1.94. The fourth-order valence-electron chi connectivity index (χ4n) is 2.68. The van der Waals surface area contributed by atoms with Crippen LogP contribution in [-0.4, -0.2) is 29.0 Å². The topological polar surface area (TPSA) is 82.2 Å². The van der Waals surface area contributed by atoms with Gasteiger partial charge in [0.05, 0.1) is 11.2 Å². The molecule has 0 spiro atoms. The van der Waals surface area contributed by atoms with Crippen LogP contribution in [0, 0.1) is 0 Å². The van der Waals surface area contributed by atoms with Gasteiger partial charge in [0.15, 0.2) is 0 Å². The van der Waals surface area contributed by atoms with Gasteiger partial charge in [-0.05, 0) is 40.0 Å². The lowest BCUT2D eigenvalue weighted by atomic mass is 10.0. The average molecular weight is 280 g/mol. The molecule has 3 N–H and O–H groups in total. The van der Waals surface area contributed by atoms with Crippen molar-refractivity contribution in [1.82, 2.24) is 15.1 Å². The van der Waals surface area contributed by atoms with Crippen molar-refractivity contribution in [3.05, 3.63) is 11.8 Å². The van der Waals surface area contributed by atoms with Gasteiger partial charge in [0.25, 0.3) is 0 Å². The highest BCUT2D eigenvalue weighted by Gasteiger charge is 2.31. The van der Waals surface area contributed by atoms with E-state index in [9.17, 15) is 4.79 Å². The van der Waals surface area contributed by atoms with Crippen LogP contribution in [0.5, 0.6) is 0 Å². The standard InChI is InChI=1S/C14H24N4O2/c1-14(2,3)18-12(15)8-11(17-18)9-5-6-10(7-9)20-13(19)16-4/h8-10H,5-7,15H2,1-4H3,(H,16,19). The van der Waals surface area contributed by atoms with Crippen molar-refractivity contribution in [3.63, 3.8) is 0 Å². The van der Waals surface area contributed by atoms with Gasteiger partial charge < -0.3 is 15.8 Å². The highest BCUT2D eigenvalue weighted by molar-refractivity contribution is 5.66. The smallest absolute Gasteiger partial charge is 0.407 e. The zero-order valence-corrected chi connectivity index (χ0v) is 12.6. The molecule has 1 aromatic heterocycles. The Hall–Kier alpha value is -1.72. The van der Waals surface area contributed by atoms with Crippen LogP contribution in [0.1, 0.15) is 51.6 Å². The number of hydrogen-bond donors (Lipinski definition) is 2. The van der Waals surface area contributed by atoms with E-state index in [4.69, 9.17) is 10.5 Å². The molecular weight excluding hydrogens is 256 g/mol. The Morgan fingerprint density at radius 1 is 1.50 bits per heavy atom. The number of carbonyl (C=O) groups is 1. The van der Waals surface area contributed by atoms with E-state index in [0.717, 1.165) is 25.0 Å². The summed E-state index contributed by atoms with van der Waals surface area (Å²) < 4.78 is 7.16. The van der Waals surface area contributed by atoms with E-state index < -0.39 is 0 Å². The average Bonchev–Trinajstić information content (AvgIpc) is 2.94. The van der Waals surface area contributed by atoms with Gasteiger partial charge in [-0.15, -0.1) is 0 Å². The lowest BCUT2D eigenvalue weighted by molar-refractivity contribution is 0.102. The fraction of sp³-hybridized carbons (Fsp3) is 0.714. The van der Waals surface area contributed by atoms with Crippen LogP contribution in [0.25, 0.3) is 0 Å². The van der Waals surface area contributed by atoms with Crippen molar-refractivity contribution >= 4 is 11.9 Å². The highest BCUT2D eigenvalue weighted by atomic mass is 16.6. The van der Waals surface area contributed by atoms with E-state index >= 15 is 0 Å². The van der Waals surface area contributed by atoms with Gasteiger partial charge in [-0.25, -0.2) is 9.48 Å². The summed E-state index contributed by atoms with van der Waals surface area (Å²) >= 11 is 0. The van der Waals surface area contributed by atoms with Crippen molar-refractivity contribution in [2.75, 3.05) is 12.8 Å². The minimum Gasteiger partial charge on any atom is -0.446 e. The van der Waals surface area contributed by atoms with Crippen LogP contribution in [0.2, 0.25) is 0 Å². The Morgan fingerprint density at radius 2 is 2.20 bits per heavy atom. The second-order valence-corrected chi connectivity index (χ2v) is 6.36. The Labute approximate surface area is 119 Å². The van der Waals surface area contributed by atoms with Crippen molar-refractivity contribution in [3.8, 4) is 0 Å². The number of nitrogen functional groups attached to an aromatic ring is 1. The second-order valence-electron chi connectivity index (χ2n) is 6.36. The van der Waals surface area contributed by atoms with E-state index in [-0.39, 0.29) is 17.7 Å². The highest BCUT2D eigenvalue weighted by Crippen LogP contribution is 2.36. The predicted molar refractivity (Wildman–Crippen MR) is 77.6 cm³/mol. The molecule has 6 nitrogen and oxygen atoms in total. The van der Waals surface area contributed by atoms with E-state index in [2.05, 4.69) is 31.2 Å². The molecule has 0 bridgehead atoms. The number of carbonyl (C=O) groups excluding carboxylic acids is 1. The number of ether oxygens (including phenoxy) is 1. The Bertz CT molecular complexity index is 490. The lowest BCUT2D eigenvalue weighted by Gasteiger charge is -2.20. The minimum atomic E-state index is -0.365. The molecule has 0 aromatic carbocycles. The summed E-state index contributed by atoms with van der Waals surface area (Å²) in [6.45, 7) is 6.23. The SMILES string of the molecule is CNC(=O)OC1CCC(c2cc(N)n(C(C)(C)C)n2)C1. The number of amides is 1. The summed E-state index contributed by atoms with van der Waals surface area (Å²) in [5.74, 6) is 0.999. The number of anilines is 1. The van der Waals surface area contributed by atoms with Crippen molar-refractivity contribution in [1.29, 1.82) is 0 Å². The number of nitrogens with two attached hydrogens (primary N) is 1. The molecule has 1 fully saturated rings. The molecule has 1 aliphatic rings. The number of rotatable bonds is 2. The number of hydrogen-bond acceptors (Lipinski definition) is 4. The molecule has 112 valence electrons. The molecule has 20 heavy (non-hydrogen) atoms. The third-order valence-electron chi connectivity index (χ3n) is 3.67. The zero-order valence-electron chi connectivity index (χ0n) is 12.6. The number of nitrogens with zero attached hydrogens (tertiary/aromatic N) is 2. The van der Waals surface area contributed by atoms with Crippen LogP contribution >= 0.6 is 0 Å². The predicted octanol–water partition coefficient (Wildman–Crippen LogP) is 2.21. The maximum Gasteiger partial charge on any atom is 0.407 e. The second kappa shape index (κ2) is 5.34. The molecule has 1 saturated carbocycles. The van der Waals surface area contributed by atoms with Crippen molar-refractivity contribution in [2.45, 2.75) is 57.6 Å². The van der Waals surface area contributed by atoms with Crippen LogP contribution in [-0.2, 0) is 10.3 Å². The van der Waals surface area contributed by atoms with Gasteiger partial charge >= 0.3 is 6.09 Å². The van der Waals surface area contributed by atoms with Gasteiger partial charge in [-0.1, -0.05) is 0 Å². The summed E-state index contributed by atoms with van der Waals surface area (Å²) in [5, 5.41) is 7.11. The molecule has 2 rings (SSSR count). The van der Waals surface area contributed by atoms with E-state index in [1.165, 1.54) is 0 Å². The van der Waals surface area contributed by atoms with Crippen LogP contribution in [0.15, 0.2) is 6.07 Å². The molecule has 1 heterocycles. The van der Waals surface area contributed by atoms with Crippen LogP contribution in [0.4, 0.5) is 10.6 Å². The molecule has 0 radical (unpaired) electrons. The third-order valence-corrected chi connectivity index (χ3v) is 3.67. The summed E-state index contributed by atoms with van der Waals surface area (Å²) in [4.78, 5) is 11.2. The maximum atomic E-state index is 11.2. The molecular formula is C14H24N4O2. The largest absolute Gasteiger partial charge is 0.446 e. The fourth-order valence-corrected chi connectivity index (χ4v) is 2.68. The Balaban J connectivity index is 2.05. The first kappa shape index (κ1) is 14.7. The van der Waals surface area contributed by atoms with Gasteiger partial charge in [-0.3, -0.25) is 0 Å². The van der Waals surface area contributed by atoms with Crippen LogP contribution in [0.3, 0.4) is 0 Å². The third kappa shape index (κ3) is 3.05. The summed E-state index contributed by atoms with van der Waals surface area (Å²) in [6.07, 6.45) is 2.27. The van der Waals surface area contributed by atoms with Crippen molar-refractivity contribution < 1.29 is 9.53 Å². The van der Waals surface area contributed by atoms with Crippen LogP contribution < -0.4 is 11.1 Å². The number of aromatic nitrogens is 2. The molecule has 1 aromatic rings. The monoisotopic (exact) mass is 280 g/mol. The molecule has 0 saturated heterocycles. The van der Waals surface area contributed by atoms with Gasteiger partial charge in [0.2, 0.25) is 0 Å². The molecule has 0 aliphatic heterocycles. The first-order chi connectivity index (χ1) is 9.31. The summed E-state index contributed by atoms with van der Waals surface area (Å²) in [5.41, 5.74) is 6.91. The van der Waals surface area contributed by atoms with Gasteiger partial charge in [0, 0.05) is 19.0 Å². The first-order valence-electron chi connectivity index (χ1n) is 7.05. The Kier molecular flexibility index (Phi) is 3.92. The van der Waals surface area contributed by atoms with Gasteiger partial charge in [0.1, 0.15) is 11.9 Å². The molecule has 1 amide bonds. The van der Waals surface area contributed by atoms with Crippen molar-refractivity contribution in [2.24, 2.45) is 0 Å². The number of alkyl carbamates (subject to hydrolysis) is 1. The molecule has 6 heteroatoms. The van der Waals surface area contributed by atoms with E-state index in [0.29, 0.717) is 11.7 Å². The molecule has 2 atom stereocenters. The zero-order chi connectivity index (χ0) is 14.9. The summed E-state index contributed by atoms with van der Waals surface area (Å²) in [7, 11) is 1.57. The minimum absolute atomic E-state index is 0.0269. The Morgan fingerprint density at radius 3 is 2.75 bits per heavy atom. The first-order valence-corrected chi connectivity index (χ1v) is 7.05. The molecule has 2 unspecified atom stereocenters. The van der Waals surface area contributed by atoms with E-state index in [1.54, 1.807) is 7.05 Å². The quantitative estimate of drug-likeness (QED) is 0.870. The van der Waals surface area contributed by atoms with Gasteiger partial charge in [-0.2, -0.15) is 5.10 Å². The molecule has 1 aliphatic carbocycles. The number of nitrogens with one attached hydrogen (secondary N) is 1. The lowest BCUT2D eigenvalue weighted by Crippen LogP contribution is -2.25. The normalized spacial score (nSPS) is 22.8. The maximum absolute atomic E-state index is 11.2.